The zero-order valence-corrected chi connectivity index (χ0v) is 13.1. The molecule has 0 bridgehead atoms. The van der Waals surface area contributed by atoms with Gasteiger partial charge in [0.2, 0.25) is 0 Å². The van der Waals surface area contributed by atoms with Crippen LogP contribution in [-0.2, 0) is 4.74 Å². The molecule has 0 amide bonds. The molecule has 1 saturated heterocycles. The Labute approximate surface area is 130 Å². The molecule has 1 aromatic rings. The van der Waals surface area contributed by atoms with Crippen LogP contribution in [0.3, 0.4) is 0 Å². The molecule has 22 heavy (non-hydrogen) atoms. The summed E-state index contributed by atoms with van der Waals surface area (Å²) in [6.45, 7) is 6.05. The molecule has 1 N–H and O–H groups in total. The molecule has 0 radical (unpaired) electrons. The third-order valence-corrected chi connectivity index (χ3v) is 4.16. The van der Waals surface area contributed by atoms with Crippen molar-refractivity contribution in [3.05, 3.63) is 35.4 Å². The molecule has 2 unspecified atom stereocenters. The Morgan fingerprint density at radius 2 is 1.95 bits per heavy atom. The average molecular weight is 314 g/mol. The summed E-state index contributed by atoms with van der Waals surface area (Å²) in [4.78, 5) is 4.11. The number of hydrogen-bond acceptors (Lipinski definition) is 4. The highest BCUT2D eigenvalue weighted by Gasteiger charge is 2.19. The van der Waals surface area contributed by atoms with E-state index >= 15 is 0 Å². The van der Waals surface area contributed by atoms with Gasteiger partial charge < -0.3 is 9.84 Å². The van der Waals surface area contributed by atoms with Crippen LogP contribution in [0.4, 0.5) is 8.78 Å². The van der Waals surface area contributed by atoms with Crippen molar-refractivity contribution < 1.29 is 18.6 Å². The lowest BCUT2D eigenvalue weighted by Gasteiger charge is -2.32. The first-order valence-electron chi connectivity index (χ1n) is 7.60. The van der Waals surface area contributed by atoms with Gasteiger partial charge in [-0.2, -0.15) is 0 Å². The van der Waals surface area contributed by atoms with E-state index in [-0.39, 0.29) is 6.04 Å². The maximum absolute atomic E-state index is 13.3. The Bertz CT molecular complexity index is 481. The Kier molecular flexibility index (Phi) is 6.26. The Morgan fingerprint density at radius 3 is 2.59 bits per heavy atom. The van der Waals surface area contributed by atoms with Gasteiger partial charge in [-0.1, -0.05) is 6.07 Å². The summed E-state index contributed by atoms with van der Waals surface area (Å²) in [6.07, 6.45) is -0.490. The Morgan fingerprint density at radius 1 is 1.27 bits per heavy atom. The number of rotatable bonds is 6. The van der Waals surface area contributed by atoms with Crippen LogP contribution < -0.4 is 0 Å². The van der Waals surface area contributed by atoms with Crippen molar-refractivity contribution >= 4 is 0 Å². The number of likely N-dealkylation sites (N-methyl/N-ethyl adjacent to an activating group) is 1. The van der Waals surface area contributed by atoms with Crippen molar-refractivity contribution in [1.29, 1.82) is 0 Å². The summed E-state index contributed by atoms with van der Waals surface area (Å²) in [5.41, 5.74) is 0.694. The van der Waals surface area contributed by atoms with Crippen LogP contribution in [0.25, 0.3) is 0 Å². The molecule has 2 atom stereocenters. The standard InChI is InChI=1S/C16H24F2N2O2/c1-12(13-3-4-15(17)16(18)9-13)19(2)10-14(21)11-20-5-7-22-8-6-20/h3-4,9,12,14,21H,5-8,10-11H2,1-2H3. The second kappa shape index (κ2) is 7.97. The average Bonchev–Trinajstić information content (AvgIpc) is 2.50. The van der Waals surface area contributed by atoms with Crippen LogP contribution in [0.5, 0.6) is 0 Å². The number of hydrogen-bond donors (Lipinski definition) is 1. The van der Waals surface area contributed by atoms with E-state index in [2.05, 4.69) is 4.90 Å². The number of nitrogens with zero attached hydrogens (tertiary/aromatic N) is 2. The fourth-order valence-electron chi connectivity index (χ4n) is 2.66. The van der Waals surface area contributed by atoms with E-state index < -0.39 is 17.7 Å². The van der Waals surface area contributed by atoms with Crippen molar-refractivity contribution in [2.75, 3.05) is 46.4 Å². The van der Waals surface area contributed by atoms with E-state index in [0.29, 0.717) is 31.9 Å². The number of benzene rings is 1. The number of morpholine rings is 1. The topological polar surface area (TPSA) is 35.9 Å². The molecule has 6 heteroatoms. The molecular weight excluding hydrogens is 290 g/mol. The maximum atomic E-state index is 13.3. The second-order valence-corrected chi connectivity index (χ2v) is 5.86. The third kappa shape index (κ3) is 4.71. The molecule has 1 aliphatic heterocycles. The number of ether oxygens (including phenoxy) is 1. The highest BCUT2D eigenvalue weighted by atomic mass is 19.2. The molecule has 4 nitrogen and oxygen atoms in total. The summed E-state index contributed by atoms with van der Waals surface area (Å²) in [7, 11) is 1.87. The number of aliphatic hydroxyl groups excluding tert-OH is 1. The largest absolute Gasteiger partial charge is 0.390 e. The second-order valence-electron chi connectivity index (χ2n) is 5.86. The van der Waals surface area contributed by atoms with Gasteiger partial charge in [0, 0.05) is 32.2 Å². The zero-order valence-electron chi connectivity index (χ0n) is 13.1. The van der Waals surface area contributed by atoms with Crippen LogP contribution in [0.1, 0.15) is 18.5 Å². The van der Waals surface area contributed by atoms with E-state index in [4.69, 9.17) is 4.74 Å². The number of aliphatic hydroxyl groups is 1. The van der Waals surface area contributed by atoms with Crippen molar-refractivity contribution in [3.63, 3.8) is 0 Å². The van der Waals surface area contributed by atoms with Gasteiger partial charge in [0.05, 0.1) is 19.3 Å². The van der Waals surface area contributed by atoms with Gasteiger partial charge in [-0.05, 0) is 31.7 Å². The lowest BCUT2D eigenvalue weighted by atomic mass is 10.1. The highest BCUT2D eigenvalue weighted by molar-refractivity contribution is 5.20. The van der Waals surface area contributed by atoms with E-state index in [0.717, 1.165) is 19.2 Å². The molecule has 2 rings (SSSR count). The van der Waals surface area contributed by atoms with E-state index in [9.17, 15) is 13.9 Å². The van der Waals surface area contributed by atoms with Crippen LogP contribution in [0, 0.1) is 11.6 Å². The van der Waals surface area contributed by atoms with Gasteiger partial charge in [-0.15, -0.1) is 0 Å². The predicted molar refractivity (Wildman–Crippen MR) is 80.7 cm³/mol. The van der Waals surface area contributed by atoms with Gasteiger partial charge in [-0.25, -0.2) is 8.78 Å². The van der Waals surface area contributed by atoms with Crippen molar-refractivity contribution in [2.24, 2.45) is 0 Å². The number of halogens is 2. The van der Waals surface area contributed by atoms with Crippen LogP contribution in [-0.4, -0.2) is 67.5 Å². The van der Waals surface area contributed by atoms with Crippen LogP contribution in [0.15, 0.2) is 18.2 Å². The molecule has 0 aromatic heterocycles. The van der Waals surface area contributed by atoms with Gasteiger partial charge >= 0.3 is 0 Å². The zero-order chi connectivity index (χ0) is 16.1. The highest BCUT2D eigenvalue weighted by Crippen LogP contribution is 2.21. The normalized spacial score (nSPS) is 19.4. The van der Waals surface area contributed by atoms with E-state index in [1.54, 1.807) is 6.07 Å². The lowest BCUT2D eigenvalue weighted by Crippen LogP contribution is -2.44. The monoisotopic (exact) mass is 314 g/mol. The molecule has 1 aliphatic rings. The Hall–Kier alpha value is -1.08. The molecule has 1 fully saturated rings. The number of β-amino-alcohol motifs (C(OH)–C–C–N with tert-alkyl or cyclic N) is 1. The molecular formula is C16H24F2N2O2. The first-order chi connectivity index (χ1) is 10.5. The minimum Gasteiger partial charge on any atom is -0.390 e. The predicted octanol–water partition coefficient (Wildman–Crippen LogP) is 1.65. The van der Waals surface area contributed by atoms with Crippen molar-refractivity contribution in [2.45, 2.75) is 19.1 Å². The van der Waals surface area contributed by atoms with Gasteiger partial charge in [-0.3, -0.25) is 9.80 Å². The minimum atomic E-state index is -0.842. The fraction of sp³-hybridized carbons (Fsp3) is 0.625. The lowest BCUT2D eigenvalue weighted by molar-refractivity contribution is 0.00625. The first kappa shape index (κ1) is 17.3. The molecule has 0 saturated carbocycles. The van der Waals surface area contributed by atoms with Crippen LogP contribution in [0.2, 0.25) is 0 Å². The minimum absolute atomic E-state index is 0.102. The van der Waals surface area contributed by atoms with Crippen molar-refractivity contribution in [1.82, 2.24) is 9.80 Å². The van der Waals surface area contributed by atoms with Crippen LogP contribution >= 0.6 is 0 Å². The summed E-state index contributed by atoms with van der Waals surface area (Å²) in [5, 5.41) is 10.2. The molecule has 0 spiro atoms. The molecule has 1 heterocycles. The summed E-state index contributed by atoms with van der Waals surface area (Å²) in [5.74, 6) is -1.68. The molecule has 124 valence electrons. The van der Waals surface area contributed by atoms with Crippen molar-refractivity contribution in [3.8, 4) is 0 Å². The van der Waals surface area contributed by atoms with Gasteiger partial charge in [0.15, 0.2) is 11.6 Å². The summed E-state index contributed by atoms with van der Waals surface area (Å²) >= 11 is 0. The molecule has 1 aromatic carbocycles. The smallest absolute Gasteiger partial charge is 0.159 e. The van der Waals surface area contributed by atoms with E-state index in [1.165, 1.54) is 6.07 Å². The first-order valence-corrected chi connectivity index (χ1v) is 7.60. The maximum Gasteiger partial charge on any atom is 0.159 e. The van der Waals surface area contributed by atoms with Gasteiger partial charge in [0.25, 0.3) is 0 Å². The van der Waals surface area contributed by atoms with E-state index in [1.807, 2.05) is 18.9 Å². The Balaban J connectivity index is 1.86. The SMILES string of the molecule is CC(c1ccc(F)c(F)c1)N(C)CC(O)CN1CCOCC1. The third-order valence-electron chi connectivity index (χ3n) is 4.16. The summed E-state index contributed by atoms with van der Waals surface area (Å²) in [6, 6.07) is 3.83. The molecule has 0 aliphatic carbocycles. The quantitative estimate of drug-likeness (QED) is 0.866. The van der Waals surface area contributed by atoms with Gasteiger partial charge in [0.1, 0.15) is 0 Å². The fourth-order valence-corrected chi connectivity index (χ4v) is 2.66. The summed E-state index contributed by atoms with van der Waals surface area (Å²) < 4.78 is 31.6.